The average Bonchev–Trinajstić information content (AvgIpc) is 2.69. The molecule has 1 aromatic rings. The quantitative estimate of drug-likeness (QED) is 0.392. The van der Waals surface area contributed by atoms with Crippen LogP contribution in [0.1, 0.15) is 77.1 Å². The summed E-state index contributed by atoms with van der Waals surface area (Å²) in [5.41, 5.74) is 1.77. The highest BCUT2D eigenvalue weighted by molar-refractivity contribution is 5.92. The molecular weight excluding hydrogens is 432 g/mol. The summed E-state index contributed by atoms with van der Waals surface area (Å²) in [5.74, 6) is -1.18. The lowest BCUT2D eigenvalue weighted by molar-refractivity contribution is -0.142. The summed E-state index contributed by atoms with van der Waals surface area (Å²) >= 11 is 0. The van der Waals surface area contributed by atoms with Crippen molar-refractivity contribution < 1.29 is 19.1 Å². The van der Waals surface area contributed by atoms with E-state index in [4.69, 9.17) is 4.74 Å². The Labute approximate surface area is 204 Å². The topological polar surface area (TPSA) is 112 Å². The predicted octanol–water partition coefficient (Wildman–Crippen LogP) is 4.16. The summed E-state index contributed by atoms with van der Waals surface area (Å²) in [6.45, 7) is 14.8. The van der Waals surface area contributed by atoms with Gasteiger partial charge in [0.1, 0.15) is 24.2 Å². The lowest BCUT2D eigenvalue weighted by Crippen LogP contribution is -2.55. The van der Waals surface area contributed by atoms with Crippen LogP contribution in [0.15, 0.2) is 18.2 Å². The molecule has 1 rings (SSSR count). The van der Waals surface area contributed by atoms with Crippen LogP contribution in [0.3, 0.4) is 0 Å². The maximum atomic E-state index is 13.7. The van der Waals surface area contributed by atoms with Crippen LogP contribution in [-0.2, 0) is 14.3 Å². The summed E-state index contributed by atoms with van der Waals surface area (Å²) in [5, 5.41) is 15.1. The fraction of sp³-hybridized carbons (Fsp3) is 0.615. The maximum absolute atomic E-state index is 13.7. The zero-order valence-corrected chi connectivity index (χ0v) is 21.8. The molecule has 0 saturated heterocycles. The van der Waals surface area contributed by atoms with Crippen molar-refractivity contribution >= 4 is 17.9 Å². The number of carbonyl (C=O) groups is 3. The third-order valence-corrected chi connectivity index (χ3v) is 5.08. The number of nitrogens with zero attached hydrogens (tertiary/aromatic N) is 2. The normalized spacial score (nSPS) is 12.9. The molecule has 0 heterocycles. The van der Waals surface area contributed by atoms with Crippen molar-refractivity contribution in [2.45, 2.75) is 85.9 Å². The number of benzene rings is 1. The fourth-order valence-electron chi connectivity index (χ4n) is 3.63. The van der Waals surface area contributed by atoms with E-state index in [-0.39, 0.29) is 18.4 Å². The van der Waals surface area contributed by atoms with Crippen LogP contribution in [0.2, 0.25) is 0 Å². The molecule has 2 atom stereocenters. The highest BCUT2D eigenvalue weighted by atomic mass is 16.6. The Kier molecular flexibility index (Phi) is 11.0. The van der Waals surface area contributed by atoms with E-state index in [2.05, 4.69) is 10.6 Å². The molecule has 0 aliphatic rings. The number of hydrogen-bond donors (Lipinski definition) is 2. The lowest BCUT2D eigenvalue weighted by atomic mass is 9.96. The van der Waals surface area contributed by atoms with Crippen LogP contribution in [0.4, 0.5) is 4.79 Å². The van der Waals surface area contributed by atoms with Gasteiger partial charge in [0.2, 0.25) is 11.8 Å². The Morgan fingerprint density at radius 3 is 2.18 bits per heavy atom. The SMILES string of the molecule is CCCCNC(=O)C(c1cc(C)cc(C)c1)N(CC#N)C(=O)C(NC(=O)OC(C)(C)C)C(C)C. The van der Waals surface area contributed by atoms with Crippen molar-refractivity contribution in [2.24, 2.45) is 5.92 Å². The smallest absolute Gasteiger partial charge is 0.408 e. The van der Waals surface area contributed by atoms with Crippen LogP contribution in [0.5, 0.6) is 0 Å². The van der Waals surface area contributed by atoms with E-state index >= 15 is 0 Å². The van der Waals surface area contributed by atoms with Gasteiger partial charge in [-0.1, -0.05) is 56.5 Å². The molecule has 34 heavy (non-hydrogen) atoms. The number of amides is 3. The first-order valence-corrected chi connectivity index (χ1v) is 11.8. The number of alkyl carbamates (subject to hydrolysis) is 1. The molecular formula is C26H40N4O4. The second-order valence-corrected chi connectivity index (χ2v) is 9.96. The number of nitrogens with one attached hydrogen (secondary N) is 2. The number of carbonyl (C=O) groups excluding carboxylic acids is 3. The van der Waals surface area contributed by atoms with E-state index in [0.29, 0.717) is 12.1 Å². The van der Waals surface area contributed by atoms with Gasteiger partial charge < -0.3 is 20.3 Å². The maximum Gasteiger partial charge on any atom is 0.408 e. The van der Waals surface area contributed by atoms with Crippen LogP contribution in [0, 0.1) is 31.1 Å². The zero-order chi connectivity index (χ0) is 26.1. The lowest BCUT2D eigenvalue weighted by Gasteiger charge is -2.34. The minimum absolute atomic E-state index is 0.302. The number of nitriles is 1. The Bertz CT molecular complexity index is 879. The first kappa shape index (κ1) is 29.0. The third kappa shape index (κ3) is 9.05. The molecule has 0 fully saturated rings. The van der Waals surface area contributed by atoms with Crippen molar-refractivity contribution in [1.82, 2.24) is 15.5 Å². The van der Waals surface area contributed by atoms with Gasteiger partial charge in [-0.3, -0.25) is 9.59 Å². The summed E-state index contributed by atoms with van der Waals surface area (Å²) in [6, 6.07) is 5.71. The van der Waals surface area contributed by atoms with Crippen LogP contribution in [0.25, 0.3) is 0 Å². The van der Waals surface area contributed by atoms with Gasteiger partial charge in [0, 0.05) is 6.54 Å². The Hall–Kier alpha value is -3.08. The third-order valence-electron chi connectivity index (χ3n) is 5.08. The summed E-state index contributed by atoms with van der Waals surface area (Å²) in [6.07, 6.45) is 0.975. The largest absolute Gasteiger partial charge is 0.444 e. The second kappa shape index (κ2) is 13.0. The van der Waals surface area contributed by atoms with E-state index in [1.807, 2.05) is 45.0 Å². The van der Waals surface area contributed by atoms with Gasteiger partial charge in [0.25, 0.3) is 0 Å². The van der Waals surface area contributed by atoms with Gasteiger partial charge in [0.05, 0.1) is 6.07 Å². The van der Waals surface area contributed by atoms with Crippen LogP contribution < -0.4 is 10.6 Å². The Balaban J connectivity index is 3.43. The Morgan fingerprint density at radius 1 is 1.12 bits per heavy atom. The highest BCUT2D eigenvalue weighted by Gasteiger charge is 2.37. The molecule has 0 saturated carbocycles. The van der Waals surface area contributed by atoms with E-state index in [0.717, 1.165) is 24.0 Å². The average molecular weight is 473 g/mol. The van der Waals surface area contributed by atoms with Crippen molar-refractivity contribution in [3.8, 4) is 6.07 Å². The van der Waals surface area contributed by atoms with Crippen LogP contribution in [-0.4, -0.2) is 47.5 Å². The summed E-state index contributed by atoms with van der Waals surface area (Å²) in [4.78, 5) is 40.8. The molecule has 3 amide bonds. The number of unbranched alkanes of at least 4 members (excludes halogenated alkanes) is 1. The first-order chi connectivity index (χ1) is 15.8. The molecule has 1 aromatic carbocycles. The first-order valence-electron chi connectivity index (χ1n) is 11.8. The van der Waals surface area contributed by atoms with Gasteiger partial charge >= 0.3 is 6.09 Å². The summed E-state index contributed by atoms with van der Waals surface area (Å²) in [7, 11) is 0. The molecule has 0 spiro atoms. The monoisotopic (exact) mass is 472 g/mol. The molecule has 0 aliphatic carbocycles. The Morgan fingerprint density at radius 2 is 1.71 bits per heavy atom. The van der Waals surface area contributed by atoms with E-state index in [9.17, 15) is 19.6 Å². The van der Waals surface area contributed by atoms with Gasteiger partial charge in [-0.15, -0.1) is 0 Å². The molecule has 0 aromatic heterocycles. The van der Waals surface area contributed by atoms with Crippen molar-refractivity contribution in [2.75, 3.05) is 13.1 Å². The summed E-state index contributed by atoms with van der Waals surface area (Å²) < 4.78 is 5.33. The van der Waals surface area contributed by atoms with E-state index in [1.165, 1.54) is 4.90 Å². The van der Waals surface area contributed by atoms with Gasteiger partial charge in [-0.05, 0) is 52.5 Å². The molecule has 2 N–H and O–H groups in total. The molecule has 8 heteroatoms. The van der Waals surface area contributed by atoms with Crippen molar-refractivity contribution in [1.29, 1.82) is 5.26 Å². The molecule has 188 valence electrons. The fourth-order valence-corrected chi connectivity index (χ4v) is 3.63. The number of ether oxygens (including phenoxy) is 1. The molecule has 0 radical (unpaired) electrons. The number of hydrogen-bond acceptors (Lipinski definition) is 5. The van der Waals surface area contributed by atoms with Crippen molar-refractivity contribution in [3.63, 3.8) is 0 Å². The minimum Gasteiger partial charge on any atom is -0.444 e. The van der Waals surface area contributed by atoms with Crippen molar-refractivity contribution in [3.05, 3.63) is 34.9 Å². The highest BCUT2D eigenvalue weighted by Crippen LogP contribution is 2.25. The van der Waals surface area contributed by atoms with Gasteiger partial charge in [-0.25, -0.2) is 4.79 Å². The molecule has 0 bridgehead atoms. The van der Waals surface area contributed by atoms with Gasteiger partial charge in [-0.2, -0.15) is 5.26 Å². The predicted molar refractivity (Wildman–Crippen MR) is 132 cm³/mol. The second-order valence-electron chi connectivity index (χ2n) is 9.96. The van der Waals surface area contributed by atoms with Gasteiger partial charge in [0.15, 0.2) is 0 Å². The molecule has 2 unspecified atom stereocenters. The minimum atomic E-state index is -1.01. The van der Waals surface area contributed by atoms with E-state index < -0.39 is 29.7 Å². The van der Waals surface area contributed by atoms with Crippen LogP contribution >= 0.6 is 0 Å². The molecule has 0 aliphatic heterocycles. The zero-order valence-electron chi connectivity index (χ0n) is 21.8. The number of rotatable bonds is 10. The molecule has 8 nitrogen and oxygen atoms in total. The van der Waals surface area contributed by atoms with E-state index in [1.54, 1.807) is 34.6 Å². The number of aryl methyl sites for hydroxylation is 2. The standard InChI is InChI=1S/C26H40N4O4/c1-9-10-12-28-23(31)22(20-15-18(4)14-19(5)16-20)30(13-11-27)24(32)21(17(2)3)29-25(33)34-26(6,7)8/h14-17,21-22H,9-10,12-13H2,1-8H3,(H,28,31)(H,29,33).